The molecule has 1 aromatic carbocycles. The lowest BCUT2D eigenvalue weighted by molar-refractivity contribution is 0.0904. The minimum Gasteiger partial charge on any atom is -0.486 e. The summed E-state index contributed by atoms with van der Waals surface area (Å²) < 4.78 is 16.6. The lowest BCUT2D eigenvalue weighted by Crippen LogP contribution is -2.44. The highest BCUT2D eigenvalue weighted by Crippen LogP contribution is 2.30. The maximum Gasteiger partial charge on any atom is 0.317 e. The number of aryl methyl sites for hydroxylation is 2. The predicted octanol–water partition coefficient (Wildman–Crippen LogP) is 2.27. The van der Waals surface area contributed by atoms with E-state index in [1.807, 2.05) is 38.1 Å². The van der Waals surface area contributed by atoms with Crippen LogP contribution in [0.2, 0.25) is 0 Å². The third-order valence-corrected chi connectivity index (χ3v) is 3.97. The molecule has 0 fully saturated rings. The van der Waals surface area contributed by atoms with E-state index in [9.17, 15) is 4.79 Å². The fourth-order valence-corrected chi connectivity index (χ4v) is 2.54. The summed E-state index contributed by atoms with van der Waals surface area (Å²) in [7, 11) is 1.73. The minimum atomic E-state index is -0.212. The fraction of sp³-hybridized carbons (Fsp3) is 0.412. The molecule has 7 heteroatoms. The van der Waals surface area contributed by atoms with Gasteiger partial charge in [0.25, 0.3) is 0 Å². The molecule has 0 unspecified atom stereocenters. The summed E-state index contributed by atoms with van der Waals surface area (Å²) in [5, 5.41) is 6.76. The van der Waals surface area contributed by atoms with Crippen LogP contribution in [0.25, 0.3) is 0 Å². The van der Waals surface area contributed by atoms with Crippen molar-refractivity contribution in [1.82, 2.24) is 15.4 Å². The molecule has 0 saturated carbocycles. The molecular weight excluding hydrogens is 310 g/mol. The summed E-state index contributed by atoms with van der Waals surface area (Å²) in [5.74, 6) is 2.16. The van der Waals surface area contributed by atoms with Crippen LogP contribution in [0.5, 0.6) is 11.5 Å². The number of aromatic nitrogens is 1. The highest BCUT2D eigenvalue weighted by molar-refractivity contribution is 5.73. The number of amides is 2. The topological polar surface area (TPSA) is 76.8 Å². The Bertz CT molecular complexity index is 709. The monoisotopic (exact) mass is 331 g/mol. The van der Waals surface area contributed by atoms with Crippen molar-refractivity contribution in [3.05, 3.63) is 41.3 Å². The standard InChI is InChI=1S/C17H21N3O4/c1-11-14(12(2)24-19-11)9-20(3)17(21)18-8-13-10-22-15-6-4-5-7-16(15)23-13/h4-7,13H,8-10H2,1-3H3,(H,18,21)/t13-/m0/s1. The van der Waals surface area contributed by atoms with Crippen LogP contribution in [-0.2, 0) is 6.54 Å². The van der Waals surface area contributed by atoms with Gasteiger partial charge in [-0.25, -0.2) is 4.79 Å². The second-order valence-electron chi connectivity index (χ2n) is 5.84. The summed E-state index contributed by atoms with van der Waals surface area (Å²) in [6, 6.07) is 7.32. The van der Waals surface area contributed by atoms with Crippen molar-refractivity contribution in [3.63, 3.8) is 0 Å². The zero-order valence-electron chi connectivity index (χ0n) is 14.0. The zero-order valence-corrected chi connectivity index (χ0v) is 14.0. The van der Waals surface area contributed by atoms with Gasteiger partial charge in [-0.1, -0.05) is 17.3 Å². The van der Waals surface area contributed by atoms with Crippen LogP contribution >= 0.6 is 0 Å². The first-order chi connectivity index (χ1) is 11.5. The molecule has 2 heterocycles. The quantitative estimate of drug-likeness (QED) is 0.930. The van der Waals surface area contributed by atoms with Crippen LogP contribution in [0.3, 0.4) is 0 Å². The molecular formula is C17H21N3O4. The molecule has 0 aliphatic carbocycles. The van der Waals surface area contributed by atoms with Crippen LogP contribution in [0, 0.1) is 13.8 Å². The van der Waals surface area contributed by atoms with Crippen LogP contribution < -0.4 is 14.8 Å². The smallest absolute Gasteiger partial charge is 0.317 e. The van der Waals surface area contributed by atoms with Crippen molar-refractivity contribution in [2.75, 3.05) is 20.2 Å². The summed E-state index contributed by atoms with van der Waals surface area (Å²) in [6.07, 6.45) is -0.212. The lowest BCUT2D eigenvalue weighted by atomic mass is 10.2. The summed E-state index contributed by atoms with van der Waals surface area (Å²) in [6.45, 7) is 4.93. The Kier molecular flexibility index (Phi) is 4.59. The molecule has 1 aliphatic heterocycles. The maximum absolute atomic E-state index is 12.2. The van der Waals surface area contributed by atoms with Crippen molar-refractivity contribution in [1.29, 1.82) is 0 Å². The molecule has 0 spiro atoms. The molecule has 1 aromatic heterocycles. The maximum atomic E-state index is 12.2. The minimum absolute atomic E-state index is 0.183. The molecule has 1 N–H and O–H groups in total. The highest BCUT2D eigenvalue weighted by atomic mass is 16.6. The van der Waals surface area contributed by atoms with E-state index in [-0.39, 0.29) is 12.1 Å². The van der Waals surface area contributed by atoms with Gasteiger partial charge < -0.3 is 24.2 Å². The zero-order chi connectivity index (χ0) is 17.1. The first-order valence-electron chi connectivity index (χ1n) is 7.84. The van der Waals surface area contributed by atoms with Gasteiger partial charge in [0.15, 0.2) is 17.6 Å². The third-order valence-electron chi connectivity index (χ3n) is 3.97. The summed E-state index contributed by atoms with van der Waals surface area (Å²) >= 11 is 0. The van der Waals surface area contributed by atoms with Gasteiger partial charge in [-0.2, -0.15) is 0 Å². The largest absolute Gasteiger partial charge is 0.486 e. The van der Waals surface area contributed by atoms with Crippen LogP contribution in [0.1, 0.15) is 17.0 Å². The first-order valence-corrected chi connectivity index (χ1v) is 7.84. The molecule has 0 saturated heterocycles. The number of para-hydroxylation sites is 2. The van der Waals surface area contributed by atoms with E-state index in [0.717, 1.165) is 22.8 Å². The first kappa shape index (κ1) is 16.2. The van der Waals surface area contributed by atoms with E-state index < -0.39 is 0 Å². The second-order valence-corrected chi connectivity index (χ2v) is 5.84. The van der Waals surface area contributed by atoms with Gasteiger partial charge in [-0.15, -0.1) is 0 Å². The number of hydrogen-bond acceptors (Lipinski definition) is 5. The van der Waals surface area contributed by atoms with Gasteiger partial charge in [-0.3, -0.25) is 0 Å². The van der Waals surface area contributed by atoms with E-state index in [4.69, 9.17) is 14.0 Å². The number of carbonyl (C=O) groups excluding carboxylic acids is 1. The SMILES string of the molecule is Cc1noc(C)c1CN(C)C(=O)NC[C@H]1COc2ccccc2O1. The molecule has 7 nitrogen and oxygen atoms in total. The van der Waals surface area contributed by atoms with Gasteiger partial charge in [0, 0.05) is 12.6 Å². The molecule has 1 atom stereocenters. The number of ether oxygens (including phenoxy) is 2. The molecule has 2 amide bonds. The van der Waals surface area contributed by atoms with Gasteiger partial charge >= 0.3 is 6.03 Å². The van der Waals surface area contributed by atoms with Gasteiger partial charge in [0.2, 0.25) is 0 Å². The van der Waals surface area contributed by atoms with E-state index in [2.05, 4.69) is 10.5 Å². The van der Waals surface area contributed by atoms with Crippen molar-refractivity contribution in [2.45, 2.75) is 26.5 Å². The molecule has 24 heavy (non-hydrogen) atoms. The number of nitrogens with one attached hydrogen (secondary N) is 1. The Hall–Kier alpha value is -2.70. The van der Waals surface area contributed by atoms with Crippen molar-refractivity contribution in [3.8, 4) is 11.5 Å². The Morgan fingerprint density at radius 1 is 1.33 bits per heavy atom. The van der Waals surface area contributed by atoms with Crippen LogP contribution in [-0.4, -0.2) is 42.4 Å². The third kappa shape index (κ3) is 3.45. The van der Waals surface area contributed by atoms with Gasteiger partial charge in [0.05, 0.1) is 18.8 Å². The number of carbonyl (C=O) groups is 1. The van der Waals surface area contributed by atoms with Crippen molar-refractivity contribution < 1.29 is 18.8 Å². The predicted molar refractivity (Wildman–Crippen MR) is 87.2 cm³/mol. The average Bonchev–Trinajstić information content (AvgIpc) is 2.91. The number of fused-ring (bicyclic) bond motifs is 1. The number of hydrogen-bond donors (Lipinski definition) is 1. The molecule has 2 aromatic rings. The molecule has 128 valence electrons. The Morgan fingerprint density at radius 2 is 2.08 bits per heavy atom. The number of nitrogens with zero attached hydrogens (tertiary/aromatic N) is 2. The lowest BCUT2D eigenvalue weighted by Gasteiger charge is -2.27. The van der Waals surface area contributed by atoms with E-state index in [1.165, 1.54) is 0 Å². The number of urea groups is 1. The number of rotatable bonds is 4. The van der Waals surface area contributed by atoms with E-state index in [0.29, 0.717) is 25.4 Å². The summed E-state index contributed by atoms with van der Waals surface area (Å²) in [5.41, 5.74) is 1.73. The summed E-state index contributed by atoms with van der Waals surface area (Å²) in [4.78, 5) is 13.8. The molecule has 0 radical (unpaired) electrons. The van der Waals surface area contributed by atoms with E-state index in [1.54, 1.807) is 11.9 Å². The normalized spacial score (nSPS) is 15.9. The fourth-order valence-electron chi connectivity index (χ4n) is 2.54. The van der Waals surface area contributed by atoms with Gasteiger partial charge in [0.1, 0.15) is 12.4 Å². The Balaban J connectivity index is 1.51. The number of benzene rings is 1. The van der Waals surface area contributed by atoms with Gasteiger partial charge in [-0.05, 0) is 26.0 Å². The van der Waals surface area contributed by atoms with Crippen LogP contribution in [0.15, 0.2) is 28.8 Å². The molecule has 3 rings (SSSR count). The second kappa shape index (κ2) is 6.82. The van der Waals surface area contributed by atoms with E-state index >= 15 is 0 Å². The van der Waals surface area contributed by atoms with Crippen molar-refractivity contribution >= 4 is 6.03 Å². The highest BCUT2D eigenvalue weighted by Gasteiger charge is 2.22. The Morgan fingerprint density at radius 3 is 2.79 bits per heavy atom. The van der Waals surface area contributed by atoms with Crippen LogP contribution in [0.4, 0.5) is 4.79 Å². The van der Waals surface area contributed by atoms with Crippen molar-refractivity contribution in [2.24, 2.45) is 0 Å². The molecule has 1 aliphatic rings. The Labute approximate surface area is 140 Å². The average molecular weight is 331 g/mol. The molecule has 0 bridgehead atoms.